The van der Waals surface area contributed by atoms with E-state index < -0.39 is 0 Å². The first-order valence-corrected chi connectivity index (χ1v) is 9.10. The molecule has 2 heterocycles. The molecule has 1 aliphatic rings. The number of benzene rings is 2. The molecule has 0 bridgehead atoms. The van der Waals surface area contributed by atoms with Gasteiger partial charge in [0.1, 0.15) is 0 Å². The summed E-state index contributed by atoms with van der Waals surface area (Å²) in [6.45, 7) is 6.94. The molecule has 1 aliphatic heterocycles. The lowest BCUT2D eigenvalue weighted by molar-refractivity contribution is 0.174. The zero-order valence-corrected chi connectivity index (χ0v) is 15.3. The maximum Gasteiger partial charge on any atom is 0.231 e. The molecule has 0 radical (unpaired) electrons. The van der Waals surface area contributed by atoms with Crippen molar-refractivity contribution < 1.29 is 9.47 Å². The molecular formula is C20H20N2O2S. The van der Waals surface area contributed by atoms with Crippen LogP contribution in [0.15, 0.2) is 47.8 Å². The number of nitrogens with one attached hydrogen (secondary N) is 1. The summed E-state index contributed by atoms with van der Waals surface area (Å²) in [5, 5.41) is 6.26. The molecule has 0 aliphatic carbocycles. The molecule has 3 aromatic rings. The number of fused-ring (bicyclic) bond motifs is 1. The van der Waals surface area contributed by atoms with Gasteiger partial charge in [0.15, 0.2) is 16.6 Å². The molecule has 2 aromatic carbocycles. The number of ether oxygens (including phenoxy) is 2. The summed E-state index contributed by atoms with van der Waals surface area (Å²) in [5.41, 5.74) is 4.53. The Hall–Kier alpha value is -2.53. The third-order valence-electron chi connectivity index (χ3n) is 4.17. The van der Waals surface area contributed by atoms with Crippen LogP contribution in [-0.2, 0) is 5.41 Å². The monoisotopic (exact) mass is 352 g/mol. The number of hydrogen-bond donors (Lipinski definition) is 1. The lowest BCUT2D eigenvalue weighted by Crippen LogP contribution is -2.10. The summed E-state index contributed by atoms with van der Waals surface area (Å²) < 4.78 is 10.7. The van der Waals surface area contributed by atoms with Crippen molar-refractivity contribution in [2.45, 2.75) is 26.2 Å². The van der Waals surface area contributed by atoms with Crippen LogP contribution in [0.25, 0.3) is 11.3 Å². The zero-order chi connectivity index (χ0) is 17.4. The molecule has 0 fully saturated rings. The first kappa shape index (κ1) is 16.0. The Bertz CT molecular complexity index is 895. The van der Waals surface area contributed by atoms with E-state index in [-0.39, 0.29) is 12.2 Å². The number of thiazole rings is 1. The van der Waals surface area contributed by atoms with Gasteiger partial charge in [0.25, 0.3) is 0 Å². The van der Waals surface area contributed by atoms with Gasteiger partial charge in [-0.05, 0) is 23.1 Å². The van der Waals surface area contributed by atoms with E-state index in [1.165, 1.54) is 5.56 Å². The first-order valence-electron chi connectivity index (χ1n) is 8.22. The highest BCUT2D eigenvalue weighted by Gasteiger charge is 2.15. The van der Waals surface area contributed by atoms with Crippen molar-refractivity contribution in [2.24, 2.45) is 0 Å². The van der Waals surface area contributed by atoms with E-state index in [0.717, 1.165) is 33.6 Å². The normalized spacial score (nSPS) is 13.1. The maximum atomic E-state index is 5.41. The SMILES string of the molecule is CC(C)(C)c1ccc(-c2csc(Nc3ccc4c(c3)OCO4)n2)cc1. The molecule has 0 spiro atoms. The van der Waals surface area contributed by atoms with Gasteiger partial charge in [-0.25, -0.2) is 4.98 Å². The third-order valence-corrected chi connectivity index (χ3v) is 4.93. The molecule has 1 aromatic heterocycles. The average molecular weight is 352 g/mol. The topological polar surface area (TPSA) is 43.4 Å². The van der Waals surface area contributed by atoms with Gasteiger partial charge in [0.05, 0.1) is 5.69 Å². The molecule has 0 atom stereocenters. The average Bonchev–Trinajstić information content (AvgIpc) is 3.23. The molecule has 0 saturated carbocycles. The lowest BCUT2D eigenvalue weighted by Gasteiger charge is -2.18. The van der Waals surface area contributed by atoms with Crippen molar-refractivity contribution in [3.8, 4) is 22.8 Å². The number of aromatic nitrogens is 1. The van der Waals surface area contributed by atoms with Gasteiger partial charge in [0.2, 0.25) is 6.79 Å². The minimum atomic E-state index is 0.159. The first-order chi connectivity index (χ1) is 12.0. The van der Waals surface area contributed by atoms with Gasteiger partial charge in [-0.1, -0.05) is 45.0 Å². The van der Waals surface area contributed by atoms with Crippen LogP contribution in [0.3, 0.4) is 0 Å². The number of hydrogen-bond acceptors (Lipinski definition) is 5. The molecule has 0 unspecified atom stereocenters. The van der Waals surface area contributed by atoms with Crippen molar-refractivity contribution in [1.82, 2.24) is 4.98 Å². The molecule has 5 heteroatoms. The number of anilines is 2. The Balaban J connectivity index is 1.52. The minimum absolute atomic E-state index is 0.159. The van der Waals surface area contributed by atoms with Crippen LogP contribution in [-0.4, -0.2) is 11.8 Å². The summed E-state index contributed by atoms with van der Waals surface area (Å²) >= 11 is 1.59. The van der Waals surface area contributed by atoms with Gasteiger partial charge in [-0.15, -0.1) is 11.3 Å². The molecule has 0 amide bonds. The summed E-state index contributed by atoms with van der Waals surface area (Å²) in [5.74, 6) is 1.55. The van der Waals surface area contributed by atoms with E-state index in [0.29, 0.717) is 0 Å². The second-order valence-electron chi connectivity index (χ2n) is 7.06. The Labute approximate surface area is 151 Å². The Kier molecular flexibility index (Phi) is 3.88. The minimum Gasteiger partial charge on any atom is -0.454 e. The second-order valence-corrected chi connectivity index (χ2v) is 7.92. The van der Waals surface area contributed by atoms with Crippen LogP contribution in [0.1, 0.15) is 26.3 Å². The van der Waals surface area contributed by atoms with E-state index in [2.05, 4.69) is 55.7 Å². The number of nitrogens with zero attached hydrogens (tertiary/aromatic N) is 1. The fourth-order valence-corrected chi connectivity index (χ4v) is 3.44. The van der Waals surface area contributed by atoms with Crippen LogP contribution in [0, 0.1) is 0 Å². The van der Waals surface area contributed by atoms with Gasteiger partial charge < -0.3 is 14.8 Å². The number of rotatable bonds is 3. The Morgan fingerprint density at radius 3 is 2.52 bits per heavy atom. The van der Waals surface area contributed by atoms with Crippen LogP contribution < -0.4 is 14.8 Å². The predicted octanol–water partition coefficient (Wildman–Crippen LogP) is 5.58. The zero-order valence-electron chi connectivity index (χ0n) is 14.5. The highest BCUT2D eigenvalue weighted by atomic mass is 32.1. The maximum absolute atomic E-state index is 5.41. The second kappa shape index (κ2) is 6.08. The molecule has 1 N–H and O–H groups in total. The summed E-state index contributed by atoms with van der Waals surface area (Å²) in [6, 6.07) is 14.4. The largest absolute Gasteiger partial charge is 0.454 e. The molecule has 128 valence electrons. The van der Waals surface area contributed by atoms with E-state index in [9.17, 15) is 0 Å². The lowest BCUT2D eigenvalue weighted by atomic mass is 9.86. The summed E-state index contributed by atoms with van der Waals surface area (Å²) in [7, 11) is 0. The molecular weight excluding hydrogens is 332 g/mol. The van der Waals surface area contributed by atoms with Crippen molar-refractivity contribution in [3.05, 3.63) is 53.4 Å². The smallest absolute Gasteiger partial charge is 0.231 e. The molecule has 4 nitrogen and oxygen atoms in total. The van der Waals surface area contributed by atoms with E-state index in [1.807, 2.05) is 18.2 Å². The van der Waals surface area contributed by atoms with Crippen molar-refractivity contribution in [3.63, 3.8) is 0 Å². The van der Waals surface area contributed by atoms with Crippen LogP contribution in [0.4, 0.5) is 10.8 Å². The van der Waals surface area contributed by atoms with E-state index >= 15 is 0 Å². The Morgan fingerprint density at radius 1 is 1.00 bits per heavy atom. The van der Waals surface area contributed by atoms with Crippen LogP contribution >= 0.6 is 11.3 Å². The van der Waals surface area contributed by atoms with E-state index in [1.54, 1.807) is 11.3 Å². The third kappa shape index (κ3) is 3.33. The van der Waals surface area contributed by atoms with Crippen molar-refractivity contribution in [1.29, 1.82) is 0 Å². The summed E-state index contributed by atoms with van der Waals surface area (Å²) in [4.78, 5) is 4.70. The molecule has 25 heavy (non-hydrogen) atoms. The molecule has 0 saturated heterocycles. The highest BCUT2D eigenvalue weighted by molar-refractivity contribution is 7.14. The fraction of sp³-hybridized carbons (Fsp3) is 0.250. The van der Waals surface area contributed by atoms with Crippen LogP contribution in [0.5, 0.6) is 11.5 Å². The van der Waals surface area contributed by atoms with Crippen molar-refractivity contribution in [2.75, 3.05) is 12.1 Å². The van der Waals surface area contributed by atoms with E-state index in [4.69, 9.17) is 14.5 Å². The predicted molar refractivity (Wildman–Crippen MR) is 102 cm³/mol. The van der Waals surface area contributed by atoms with Gasteiger partial charge in [-0.3, -0.25) is 0 Å². The van der Waals surface area contributed by atoms with Gasteiger partial charge in [0, 0.05) is 22.7 Å². The fourth-order valence-electron chi connectivity index (χ4n) is 2.70. The van der Waals surface area contributed by atoms with Crippen LogP contribution in [0.2, 0.25) is 0 Å². The van der Waals surface area contributed by atoms with Gasteiger partial charge in [-0.2, -0.15) is 0 Å². The Morgan fingerprint density at radius 2 is 1.76 bits per heavy atom. The quantitative estimate of drug-likeness (QED) is 0.668. The highest BCUT2D eigenvalue weighted by Crippen LogP contribution is 2.36. The molecule has 4 rings (SSSR count). The summed E-state index contributed by atoms with van der Waals surface area (Å²) in [6.07, 6.45) is 0. The standard InChI is InChI=1S/C20H20N2O2S/c1-20(2,3)14-6-4-13(5-7-14)16-11-25-19(22-16)21-15-8-9-17-18(10-15)24-12-23-17/h4-11H,12H2,1-3H3,(H,21,22). The van der Waals surface area contributed by atoms with Gasteiger partial charge >= 0.3 is 0 Å². The van der Waals surface area contributed by atoms with Crippen molar-refractivity contribution >= 4 is 22.2 Å².